The molecule has 1 N–H and O–H groups in total. The number of esters is 1. The first-order valence-corrected chi connectivity index (χ1v) is 6.34. The summed E-state index contributed by atoms with van der Waals surface area (Å²) in [5, 5.41) is 9.79. The van der Waals surface area contributed by atoms with Crippen molar-refractivity contribution in [3.05, 3.63) is 66.7 Å². The molecule has 0 spiro atoms. The molecule has 0 aliphatic carbocycles. The molecule has 20 heavy (non-hydrogen) atoms. The Morgan fingerprint density at radius 3 is 2.50 bits per heavy atom. The number of phenolic OH excluding ortho intramolecular Hbond substituents is 1. The Morgan fingerprint density at radius 1 is 1.15 bits per heavy atom. The van der Waals surface area contributed by atoms with E-state index in [9.17, 15) is 9.90 Å². The van der Waals surface area contributed by atoms with E-state index in [1.165, 1.54) is 0 Å². The highest BCUT2D eigenvalue weighted by atomic mass is 16.5. The van der Waals surface area contributed by atoms with Crippen LogP contribution >= 0.6 is 0 Å². The maximum Gasteiger partial charge on any atom is 0.310 e. The van der Waals surface area contributed by atoms with Gasteiger partial charge in [0.1, 0.15) is 12.4 Å². The number of carbonyl (C=O) groups is 1. The molecule has 0 aliphatic heterocycles. The Bertz CT molecular complexity index is 600. The minimum Gasteiger partial charge on any atom is -0.507 e. The maximum atomic E-state index is 11.5. The van der Waals surface area contributed by atoms with Crippen LogP contribution in [0.2, 0.25) is 0 Å². The number of aromatic hydroxyl groups is 1. The lowest BCUT2D eigenvalue weighted by atomic mass is 10.0. The molecule has 3 nitrogen and oxygen atoms in total. The van der Waals surface area contributed by atoms with Crippen LogP contribution < -0.4 is 0 Å². The molecule has 0 saturated carbocycles. The van der Waals surface area contributed by atoms with Crippen LogP contribution in [-0.2, 0) is 16.0 Å². The van der Waals surface area contributed by atoms with Gasteiger partial charge in [-0.15, -0.1) is 0 Å². The standard InChI is InChI=1S/C17H16O3/c1-2-11-20-17(19)12-13-7-9-14(10-8-13)15-5-3-4-6-16(15)18/h2-10,18H,1,11-12H2. The predicted octanol–water partition coefficient (Wildman–Crippen LogP) is 3.33. The summed E-state index contributed by atoms with van der Waals surface area (Å²) in [5.41, 5.74) is 2.55. The van der Waals surface area contributed by atoms with Gasteiger partial charge in [0.25, 0.3) is 0 Å². The molecule has 0 aromatic heterocycles. The van der Waals surface area contributed by atoms with Gasteiger partial charge in [0.2, 0.25) is 0 Å². The Hall–Kier alpha value is -2.55. The minimum atomic E-state index is -0.278. The Labute approximate surface area is 118 Å². The maximum absolute atomic E-state index is 11.5. The summed E-state index contributed by atoms with van der Waals surface area (Å²) in [6.45, 7) is 3.72. The van der Waals surface area contributed by atoms with Gasteiger partial charge in [-0.3, -0.25) is 4.79 Å². The molecule has 0 amide bonds. The molecule has 2 aromatic rings. The third-order valence-electron chi connectivity index (χ3n) is 2.88. The monoisotopic (exact) mass is 268 g/mol. The van der Waals surface area contributed by atoms with Gasteiger partial charge in [-0.25, -0.2) is 0 Å². The lowest BCUT2D eigenvalue weighted by Crippen LogP contribution is -2.07. The summed E-state index contributed by atoms with van der Waals surface area (Å²) < 4.78 is 4.93. The predicted molar refractivity (Wildman–Crippen MR) is 78.4 cm³/mol. The van der Waals surface area contributed by atoms with Crippen LogP contribution in [-0.4, -0.2) is 17.7 Å². The molecule has 2 aromatic carbocycles. The highest BCUT2D eigenvalue weighted by Gasteiger charge is 2.06. The number of carbonyl (C=O) groups excluding carboxylic acids is 1. The van der Waals surface area contributed by atoms with Crippen molar-refractivity contribution in [3.63, 3.8) is 0 Å². The van der Waals surface area contributed by atoms with Crippen LogP contribution in [0.15, 0.2) is 61.2 Å². The van der Waals surface area contributed by atoms with Gasteiger partial charge in [0.05, 0.1) is 6.42 Å². The molecular weight excluding hydrogens is 252 g/mol. The molecular formula is C17H16O3. The van der Waals surface area contributed by atoms with Crippen molar-refractivity contribution in [2.45, 2.75) is 6.42 Å². The zero-order valence-electron chi connectivity index (χ0n) is 11.1. The van der Waals surface area contributed by atoms with E-state index in [0.717, 1.165) is 16.7 Å². The molecule has 0 bridgehead atoms. The largest absolute Gasteiger partial charge is 0.507 e. The Morgan fingerprint density at radius 2 is 1.85 bits per heavy atom. The van der Waals surface area contributed by atoms with E-state index in [1.54, 1.807) is 18.2 Å². The van der Waals surface area contributed by atoms with Gasteiger partial charge in [-0.1, -0.05) is 55.1 Å². The van der Waals surface area contributed by atoms with E-state index in [0.29, 0.717) is 0 Å². The summed E-state index contributed by atoms with van der Waals surface area (Å²) in [6, 6.07) is 14.6. The van der Waals surface area contributed by atoms with E-state index in [-0.39, 0.29) is 24.7 Å². The molecule has 0 fully saturated rings. The van der Waals surface area contributed by atoms with Crippen LogP contribution in [0.1, 0.15) is 5.56 Å². The van der Waals surface area contributed by atoms with Crippen molar-refractivity contribution in [3.8, 4) is 16.9 Å². The summed E-state index contributed by atoms with van der Waals surface area (Å²) in [6.07, 6.45) is 1.77. The first-order chi connectivity index (χ1) is 9.70. The minimum absolute atomic E-state index is 0.231. The molecule has 0 unspecified atom stereocenters. The Kier molecular flexibility index (Phi) is 4.56. The fourth-order valence-electron chi connectivity index (χ4n) is 1.89. The zero-order chi connectivity index (χ0) is 14.4. The van der Waals surface area contributed by atoms with Gasteiger partial charge in [0.15, 0.2) is 0 Å². The van der Waals surface area contributed by atoms with E-state index < -0.39 is 0 Å². The molecule has 2 rings (SSSR count). The van der Waals surface area contributed by atoms with Gasteiger partial charge in [-0.2, -0.15) is 0 Å². The van der Waals surface area contributed by atoms with Crippen molar-refractivity contribution in [2.75, 3.05) is 6.61 Å². The van der Waals surface area contributed by atoms with Crippen molar-refractivity contribution >= 4 is 5.97 Å². The average Bonchev–Trinajstić information content (AvgIpc) is 2.47. The van der Waals surface area contributed by atoms with Crippen LogP contribution in [0, 0.1) is 0 Å². The van der Waals surface area contributed by atoms with Gasteiger partial charge in [0, 0.05) is 5.56 Å². The molecule has 0 saturated heterocycles. The first-order valence-electron chi connectivity index (χ1n) is 6.34. The summed E-state index contributed by atoms with van der Waals surface area (Å²) in [7, 11) is 0. The smallest absolute Gasteiger partial charge is 0.310 e. The van der Waals surface area contributed by atoms with Crippen LogP contribution in [0.3, 0.4) is 0 Å². The fraction of sp³-hybridized carbons (Fsp3) is 0.118. The second kappa shape index (κ2) is 6.57. The highest BCUT2D eigenvalue weighted by molar-refractivity contribution is 5.74. The third kappa shape index (κ3) is 3.48. The van der Waals surface area contributed by atoms with Crippen molar-refractivity contribution in [1.82, 2.24) is 0 Å². The topological polar surface area (TPSA) is 46.5 Å². The number of benzene rings is 2. The fourth-order valence-corrected chi connectivity index (χ4v) is 1.89. The van der Waals surface area contributed by atoms with Gasteiger partial charge < -0.3 is 9.84 Å². The van der Waals surface area contributed by atoms with Gasteiger partial charge >= 0.3 is 5.97 Å². The number of para-hydroxylation sites is 1. The van der Waals surface area contributed by atoms with Crippen molar-refractivity contribution < 1.29 is 14.6 Å². The molecule has 0 aliphatic rings. The second-order valence-corrected chi connectivity index (χ2v) is 4.36. The highest BCUT2D eigenvalue weighted by Crippen LogP contribution is 2.28. The molecule has 3 heteroatoms. The van der Waals surface area contributed by atoms with Crippen molar-refractivity contribution in [1.29, 1.82) is 0 Å². The quantitative estimate of drug-likeness (QED) is 0.668. The first kappa shape index (κ1) is 13.9. The summed E-state index contributed by atoms with van der Waals surface area (Å²) in [5.74, 6) is -0.0362. The van der Waals surface area contributed by atoms with Crippen molar-refractivity contribution in [2.24, 2.45) is 0 Å². The number of hydrogen-bond acceptors (Lipinski definition) is 3. The van der Waals surface area contributed by atoms with Crippen LogP contribution in [0.5, 0.6) is 5.75 Å². The third-order valence-corrected chi connectivity index (χ3v) is 2.88. The van der Waals surface area contributed by atoms with E-state index >= 15 is 0 Å². The normalized spacial score (nSPS) is 10.0. The lowest BCUT2D eigenvalue weighted by molar-refractivity contribution is -0.141. The number of phenols is 1. The summed E-state index contributed by atoms with van der Waals surface area (Å²) >= 11 is 0. The zero-order valence-corrected chi connectivity index (χ0v) is 11.1. The average molecular weight is 268 g/mol. The van der Waals surface area contributed by atoms with E-state index in [2.05, 4.69) is 6.58 Å². The number of ether oxygens (including phenoxy) is 1. The van der Waals surface area contributed by atoms with E-state index in [4.69, 9.17) is 4.74 Å². The summed E-state index contributed by atoms with van der Waals surface area (Å²) in [4.78, 5) is 11.5. The number of rotatable bonds is 5. The molecule has 0 atom stereocenters. The van der Waals surface area contributed by atoms with E-state index in [1.807, 2.05) is 36.4 Å². The molecule has 102 valence electrons. The van der Waals surface area contributed by atoms with Gasteiger partial charge in [-0.05, 0) is 17.2 Å². The van der Waals surface area contributed by atoms with Crippen LogP contribution in [0.25, 0.3) is 11.1 Å². The SMILES string of the molecule is C=CCOC(=O)Cc1ccc(-c2ccccc2O)cc1. The molecule has 0 heterocycles. The Balaban J connectivity index is 2.09. The van der Waals surface area contributed by atoms with Crippen LogP contribution in [0.4, 0.5) is 0 Å². The molecule has 0 radical (unpaired) electrons. The second-order valence-electron chi connectivity index (χ2n) is 4.36. The number of hydrogen-bond donors (Lipinski definition) is 1. The lowest BCUT2D eigenvalue weighted by Gasteiger charge is -2.06.